The zero-order valence-electron chi connectivity index (χ0n) is 19.6. The minimum absolute atomic E-state index is 0.0151. The molecule has 0 spiro atoms. The molecule has 0 unspecified atom stereocenters. The Morgan fingerprint density at radius 3 is 2.43 bits per heavy atom. The van der Waals surface area contributed by atoms with Crippen molar-refractivity contribution in [3.05, 3.63) is 82.9 Å². The molecule has 5 nitrogen and oxygen atoms in total. The lowest BCUT2D eigenvalue weighted by atomic mass is 9.97. The Hall–Kier alpha value is -2.90. The lowest BCUT2D eigenvalue weighted by Crippen LogP contribution is -2.44. The first kappa shape index (κ1) is 23.8. The number of halogens is 1. The van der Waals surface area contributed by atoms with Gasteiger partial charge in [-0.05, 0) is 60.2 Å². The molecule has 1 saturated heterocycles. The second-order valence-corrected chi connectivity index (χ2v) is 9.96. The molecule has 1 aliphatic heterocycles. The van der Waals surface area contributed by atoms with Gasteiger partial charge in [0.15, 0.2) is 5.78 Å². The molecule has 0 radical (unpaired) electrons. The van der Waals surface area contributed by atoms with Crippen LogP contribution in [-0.4, -0.2) is 57.1 Å². The largest absolute Gasteiger partial charge is 0.497 e. The fraction of sp³-hybridized carbons (Fsp3) is 0.250. The number of nitrogens with zero attached hydrogens (tertiary/aromatic N) is 1. The quantitative estimate of drug-likeness (QED) is 0.309. The molecular formula is C28H27ClN2O3S. The molecule has 1 N–H and O–H groups in total. The highest BCUT2D eigenvalue weighted by atomic mass is 35.5. The molecule has 2 heterocycles. The average molecular weight is 507 g/mol. The van der Waals surface area contributed by atoms with Crippen LogP contribution in [0.2, 0.25) is 5.02 Å². The Bertz CT molecular complexity index is 1310. The molecule has 0 saturated carbocycles. The molecule has 5 rings (SSSR count). The maximum Gasteiger partial charge on any atom is 0.195 e. The van der Waals surface area contributed by atoms with Crippen LogP contribution in [0.4, 0.5) is 0 Å². The number of hydrogen-bond donors (Lipinski definition) is 1. The van der Waals surface area contributed by atoms with E-state index in [1.807, 2.05) is 66.7 Å². The average Bonchev–Trinajstić information content (AvgIpc) is 3.28. The highest BCUT2D eigenvalue weighted by Gasteiger charge is 2.22. The molecule has 1 fully saturated rings. The third-order valence-corrected chi connectivity index (χ3v) is 7.69. The van der Waals surface area contributed by atoms with E-state index < -0.39 is 0 Å². The lowest BCUT2D eigenvalue weighted by Gasteiger charge is -2.26. The van der Waals surface area contributed by atoms with Gasteiger partial charge in [-0.15, -0.1) is 11.3 Å². The van der Waals surface area contributed by atoms with Gasteiger partial charge in [0.2, 0.25) is 0 Å². The molecule has 1 aliphatic rings. The number of benzene rings is 3. The molecule has 7 heteroatoms. The number of ketones is 1. The first-order valence-electron chi connectivity index (χ1n) is 11.7. The lowest BCUT2D eigenvalue weighted by molar-refractivity contribution is 0.104. The minimum atomic E-state index is -0.0151. The van der Waals surface area contributed by atoms with Gasteiger partial charge < -0.3 is 14.8 Å². The van der Waals surface area contributed by atoms with E-state index in [1.54, 1.807) is 18.4 Å². The van der Waals surface area contributed by atoms with Crippen LogP contribution in [0.1, 0.15) is 15.9 Å². The number of rotatable bonds is 8. The van der Waals surface area contributed by atoms with Gasteiger partial charge in [0.25, 0.3) is 0 Å². The highest BCUT2D eigenvalue weighted by Crippen LogP contribution is 2.41. The third kappa shape index (κ3) is 5.36. The summed E-state index contributed by atoms with van der Waals surface area (Å²) in [6.45, 7) is 5.68. The van der Waals surface area contributed by atoms with Crippen LogP contribution in [0, 0.1) is 0 Å². The van der Waals surface area contributed by atoms with Crippen molar-refractivity contribution in [3.8, 4) is 21.9 Å². The fourth-order valence-electron chi connectivity index (χ4n) is 4.31. The van der Waals surface area contributed by atoms with Crippen molar-refractivity contribution >= 4 is 38.8 Å². The molecule has 0 aliphatic carbocycles. The summed E-state index contributed by atoms with van der Waals surface area (Å²) in [6, 6.07) is 20.9. The number of carbonyl (C=O) groups is 1. The second-order valence-electron chi connectivity index (χ2n) is 8.47. The van der Waals surface area contributed by atoms with E-state index in [9.17, 15) is 4.79 Å². The van der Waals surface area contributed by atoms with Gasteiger partial charge in [0, 0.05) is 63.8 Å². The molecular weight excluding hydrogens is 480 g/mol. The number of ether oxygens (including phenoxy) is 2. The van der Waals surface area contributed by atoms with E-state index in [0.29, 0.717) is 22.8 Å². The Morgan fingerprint density at radius 1 is 1.00 bits per heavy atom. The molecule has 0 amide bonds. The van der Waals surface area contributed by atoms with E-state index >= 15 is 0 Å². The van der Waals surface area contributed by atoms with Crippen LogP contribution in [0.5, 0.6) is 11.5 Å². The van der Waals surface area contributed by atoms with Crippen LogP contribution in [0.3, 0.4) is 0 Å². The molecule has 35 heavy (non-hydrogen) atoms. The summed E-state index contributed by atoms with van der Waals surface area (Å²) in [5.41, 5.74) is 2.29. The van der Waals surface area contributed by atoms with E-state index in [0.717, 1.165) is 64.7 Å². The number of thiophene rings is 1. The van der Waals surface area contributed by atoms with E-state index in [-0.39, 0.29) is 5.78 Å². The minimum Gasteiger partial charge on any atom is -0.497 e. The van der Waals surface area contributed by atoms with Gasteiger partial charge in [-0.1, -0.05) is 23.7 Å². The Labute approximate surface area is 214 Å². The van der Waals surface area contributed by atoms with Crippen LogP contribution < -0.4 is 14.8 Å². The van der Waals surface area contributed by atoms with E-state index in [2.05, 4.69) is 10.2 Å². The molecule has 180 valence electrons. The normalized spacial score (nSPS) is 14.2. The number of fused-ring (bicyclic) bond motifs is 1. The maximum atomic E-state index is 13.8. The zero-order chi connectivity index (χ0) is 24.2. The van der Waals surface area contributed by atoms with Gasteiger partial charge in [-0.25, -0.2) is 0 Å². The topological polar surface area (TPSA) is 50.8 Å². The maximum absolute atomic E-state index is 13.8. The fourth-order valence-corrected chi connectivity index (χ4v) is 5.67. The Balaban J connectivity index is 1.40. The number of nitrogens with one attached hydrogen (secondary N) is 1. The number of methoxy groups -OCH3 is 1. The van der Waals surface area contributed by atoms with Crippen molar-refractivity contribution in [3.63, 3.8) is 0 Å². The number of carbonyl (C=O) groups excluding carboxylic acids is 1. The predicted molar refractivity (Wildman–Crippen MR) is 144 cm³/mol. The van der Waals surface area contributed by atoms with Crippen molar-refractivity contribution in [2.75, 3.05) is 46.4 Å². The van der Waals surface area contributed by atoms with Crippen molar-refractivity contribution in [1.29, 1.82) is 0 Å². The van der Waals surface area contributed by atoms with Crippen molar-refractivity contribution < 1.29 is 14.3 Å². The van der Waals surface area contributed by atoms with Gasteiger partial charge in [-0.2, -0.15) is 0 Å². The summed E-state index contributed by atoms with van der Waals surface area (Å²) in [6.07, 6.45) is 0. The zero-order valence-corrected chi connectivity index (χ0v) is 21.1. The summed E-state index contributed by atoms with van der Waals surface area (Å²) in [5, 5.41) is 4.94. The number of hydrogen-bond acceptors (Lipinski definition) is 6. The summed E-state index contributed by atoms with van der Waals surface area (Å²) in [4.78, 5) is 17.1. The van der Waals surface area contributed by atoms with Crippen LogP contribution in [0.25, 0.3) is 20.5 Å². The predicted octanol–water partition coefficient (Wildman–Crippen LogP) is 5.75. The first-order chi connectivity index (χ1) is 17.1. The van der Waals surface area contributed by atoms with Gasteiger partial charge >= 0.3 is 0 Å². The van der Waals surface area contributed by atoms with Crippen LogP contribution in [-0.2, 0) is 0 Å². The van der Waals surface area contributed by atoms with Crippen molar-refractivity contribution in [1.82, 2.24) is 10.2 Å². The molecule has 0 bridgehead atoms. The second kappa shape index (κ2) is 10.8. The molecule has 4 aromatic rings. The monoisotopic (exact) mass is 506 g/mol. The summed E-state index contributed by atoms with van der Waals surface area (Å²) in [7, 11) is 1.65. The van der Waals surface area contributed by atoms with Gasteiger partial charge in [-0.3, -0.25) is 9.69 Å². The SMILES string of the molecule is COc1ccc2c(C(=O)c3ccc(OCCN4CCNCC4)cc3)c(-c3ccc(Cl)cc3)sc2c1. The van der Waals surface area contributed by atoms with Crippen LogP contribution >= 0.6 is 22.9 Å². The first-order valence-corrected chi connectivity index (χ1v) is 12.9. The van der Waals surface area contributed by atoms with Crippen molar-refractivity contribution in [2.45, 2.75) is 0 Å². The van der Waals surface area contributed by atoms with Crippen LogP contribution in [0.15, 0.2) is 66.7 Å². The van der Waals surface area contributed by atoms with E-state index in [4.69, 9.17) is 21.1 Å². The summed E-state index contributed by atoms with van der Waals surface area (Å²) >= 11 is 7.70. The van der Waals surface area contributed by atoms with Gasteiger partial charge in [0.1, 0.15) is 18.1 Å². The number of piperazine rings is 1. The molecule has 1 aromatic heterocycles. The third-order valence-electron chi connectivity index (χ3n) is 6.23. The Kier molecular flexibility index (Phi) is 7.35. The molecule has 0 atom stereocenters. The smallest absolute Gasteiger partial charge is 0.195 e. The Morgan fingerprint density at radius 2 is 1.71 bits per heavy atom. The standard InChI is InChI=1S/C28H27ClN2O3S/c1-33-23-10-11-24-25(18-23)35-28(20-2-6-21(29)7-3-20)26(24)27(32)19-4-8-22(9-5-19)34-17-16-31-14-12-30-13-15-31/h2-11,18,30H,12-17H2,1H3. The van der Waals surface area contributed by atoms with Crippen molar-refractivity contribution in [2.24, 2.45) is 0 Å². The molecule has 3 aromatic carbocycles. The highest BCUT2D eigenvalue weighted by molar-refractivity contribution is 7.22. The summed E-state index contributed by atoms with van der Waals surface area (Å²) in [5.74, 6) is 1.52. The van der Waals surface area contributed by atoms with E-state index in [1.165, 1.54) is 0 Å². The van der Waals surface area contributed by atoms with Gasteiger partial charge in [0.05, 0.1) is 7.11 Å². The summed E-state index contributed by atoms with van der Waals surface area (Å²) < 4.78 is 12.3.